The second-order valence-corrected chi connectivity index (χ2v) is 5.00. The summed E-state index contributed by atoms with van der Waals surface area (Å²) in [6.07, 6.45) is 0. The number of hydrogen-bond acceptors (Lipinski definition) is 5. The van der Waals surface area contributed by atoms with Crippen molar-refractivity contribution in [3.63, 3.8) is 0 Å². The van der Waals surface area contributed by atoms with E-state index in [0.717, 1.165) is 11.4 Å². The average molecular weight is 308 g/mol. The van der Waals surface area contributed by atoms with Crippen LogP contribution in [0.25, 0.3) is 0 Å². The molecule has 0 aromatic carbocycles. The summed E-state index contributed by atoms with van der Waals surface area (Å²) in [7, 11) is 0. The summed E-state index contributed by atoms with van der Waals surface area (Å²) in [5, 5.41) is 8.28. The second kappa shape index (κ2) is 7.61. The van der Waals surface area contributed by atoms with Gasteiger partial charge in [0, 0.05) is 0 Å². The summed E-state index contributed by atoms with van der Waals surface area (Å²) in [6.45, 7) is 5.41. The molecule has 1 rings (SSSR count). The van der Waals surface area contributed by atoms with Crippen LogP contribution in [0, 0.1) is 0 Å². The van der Waals surface area contributed by atoms with Crippen LogP contribution >= 0.6 is 24.4 Å². The molecule has 0 saturated carbocycles. The zero-order valence-corrected chi connectivity index (χ0v) is 13.1. The van der Waals surface area contributed by atoms with Gasteiger partial charge in [-0.15, -0.1) is 0 Å². The van der Waals surface area contributed by atoms with E-state index in [0.29, 0.717) is 16.4 Å². The monoisotopic (exact) mass is 308 g/mol. The van der Waals surface area contributed by atoms with Gasteiger partial charge in [-0.25, -0.2) is 4.98 Å². The van der Waals surface area contributed by atoms with Crippen molar-refractivity contribution in [2.75, 3.05) is 0 Å². The van der Waals surface area contributed by atoms with Crippen LogP contribution in [0.2, 0.25) is 0 Å². The zero-order chi connectivity index (χ0) is 15.1. The Balaban J connectivity index is 2.95. The van der Waals surface area contributed by atoms with Crippen molar-refractivity contribution in [1.29, 1.82) is 0 Å². The predicted octanol–water partition coefficient (Wildman–Crippen LogP) is 1.30. The first kappa shape index (κ1) is 16.1. The van der Waals surface area contributed by atoms with Crippen LogP contribution < -0.4 is 16.6 Å². The molecule has 1 heterocycles. The topological polar surface area (TPSA) is 87.7 Å². The fourth-order valence-corrected chi connectivity index (χ4v) is 1.35. The normalized spacial score (nSPS) is 11.9. The molecular weight excluding hydrogens is 292 g/mol. The van der Waals surface area contributed by atoms with Gasteiger partial charge in [0.25, 0.3) is 0 Å². The Kier molecular flexibility index (Phi) is 6.13. The lowest BCUT2D eigenvalue weighted by Crippen LogP contribution is -2.25. The van der Waals surface area contributed by atoms with Gasteiger partial charge >= 0.3 is 0 Å². The van der Waals surface area contributed by atoms with E-state index in [-0.39, 0.29) is 5.11 Å². The molecule has 0 saturated heterocycles. The minimum Gasteiger partial charge on any atom is -0.375 e. The summed E-state index contributed by atoms with van der Waals surface area (Å²) in [5.41, 5.74) is 13.4. The first-order valence-corrected chi connectivity index (χ1v) is 6.60. The highest BCUT2D eigenvalue weighted by atomic mass is 32.1. The van der Waals surface area contributed by atoms with E-state index in [1.165, 1.54) is 0 Å². The molecule has 0 fully saturated rings. The number of nitrogens with two attached hydrogens (primary N) is 1. The molecule has 8 heteroatoms. The van der Waals surface area contributed by atoms with Crippen molar-refractivity contribution in [3.05, 3.63) is 29.6 Å². The van der Waals surface area contributed by atoms with Crippen molar-refractivity contribution in [3.8, 4) is 0 Å². The molecular formula is C12H16N6S2. The van der Waals surface area contributed by atoms with Crippen LogP contribution in [-0.2, 0) is 0 Å². The van der Waals surface area contributed by atoms with Gasteiger partial charge in [0.15, 0.2) is 5.11 Å². The number of nitrogens with zero attached hydrogens (tertiary/aromatic N) is 3. The number of pyridine rings is 1. The van der Waals surface area contributed by atoms with Gasteiger partial charge in [0.1, 0.15) is 0 Å². The average Bonchev–Trinajstić information content (AvgIpc) is 2.42. The number of aromatic nitrogens is 1. The van der Waals surface area contributed by atoms with E-state index in [1.807, 2.05) is 32.0 Å². The highest BCUT2D eigenvalue weighted by Crippen LogP contribution is 2.02. The largest absolute Gasteiger partial charge is 0.375 e. The number of hydrazone groups is 2. The minimum absolute atomic E-state index is 0.110. The minimum atomic E-state index is 0.110. The van der Waals surface area contributed by atoms with E-state index in [9.17, 15) is 0 Å². The van der Waals surface area contributed by atoms with Crippen LogP contribution in [0.4, 0.5) is 0 Å². The Hall–Kier alpha value is -1.93. The Morgan fingerprint density at radius 2 is 1.55 bits per heavy atom. The summed E-state index contributed by atoms with van der Waals surface area (Å²) < 4.78 is 0. The number of rotatable bonds is 4. The van der Waals surface area contributed by atoms with Crippen LogP contribution in [0.15, 0.2) is 28.4 Å². The molecule has 0 radical (unpaired) electrons. The van der Waals surface area contributed by atoms with Crippen molar-refractivity contribution < 1.29 is 0 Å². The summed E-state index contributed by atoms with van der Waals surface area (Å²) >= 11 is 9.59. The summed E-state index contributed by atoms with van der Waals surface area (Å²) in [6, 6.07) is 5.58. The molecule has 106 valence electrons. The van der Waals surface area contributed by atoms with Gasteiger partial charge in [-0.2, -0.15) is 10.2 Å². The molecule has 0 spiro atoms. The van der Waals surface area contributed by atoms with Gasteiger partial charge in [0.2, 0.25) is 0 Å². The maximum atomic E-state index is 5.32. The molecule has 0 amide bonds. The zero-order valence-electron chi connectivity index (χ0n) is 11.5. The standard InChI is InChI=1S/C12H16N6S2/c1-7(15-17-9(3)19)10-5-4-6-11(14-10)8(2)16-18-12(13)20/h4-6H,1-3H3,(H,17,19)(H3,13,18,20)/b15-7+,16-8+. The molecule has 0 atom stereocenters. The lowest BCUT2D eigenvalue weighted by molar-refractivity contribution is 1.02. The van der Waals surface area contributed by atoms with E-state index < -0.39 is 0 Å². The third-order valence-electron chi connectivity index (χ3n) is 2.21. The lowest BCUT2D eigenvalue weighted by Gasteiger charge is -2.05. The highest BCUT2D eigenvalue weighted by molar-refractivity contribution is 7.80. The van der Waals surface area contributed by atoms with Crippen molar-refractivity contribution in [2.45, 2.75) is 20.8 Å². The lowest BCUT2D eigenvalue weighted by atomic mass is 10.2. The molecule has 20 heavy (non-hydrogen) atoms. The Morgan fingerprint density at radius 3 is 2.00 bits per heavy atom. The van der Waals surface area contributed by atoms with Crippen molar-refractivity contribution in [2.24, 2.45) is 15.9 Å². The Morgan fingerprint density at radius 1 is 1.05 bits per heavy atom. The fraction of sp³-hybridized carbons (Fsp3) is 0.250. The number of hydrogen-bond donors (Lipinski definition) is 3. The molecule has 0 aliphatic rings. The Bertz CT molecular complexity index is 532. The molecule has 4 N–H and O–H groups in total. The summed E-state index contributed by atoms with van der Waals surface area (Å²) in [4.78, 5) is 5.06. The number of nitrogens with one attached hydrogen (secondary N) is 2. The summed E-state index contributed by atoms with van der Waals surface area (Å²) in [5.74, 6) is 0. The van der Waals surface area contributed by atoms with Gasteiger partial charge in [-0.1, -0.05) is 18.3 Å². The van der Waals surface area contributed by atoms with E-state index in [2.05, 4.69) is 38.3 Å². The smallest absolute Gasteiger partial charge is 0.184 e. The van der Waals surface area contributed by atoms with Crippen LogP contribution in [-0.4, -0.2) is 26.5 Å². The third-order valence-corrected chi connectivity index (χ3v) is 2.39. The molecule has 0 aliphatic carbocycles. The Labute approximate surface area is 128 Å². The molecule has 0 unspecified atom stereocenters. The predicted molar refractivity (Wildman–Crippen MR) is 90.0 cm³/mol. The van der Waals surface area contributed by atoms with Crippen LogP contribution in [0.5, 0.6) is 0 Å². The first-order valence-electron chi connectivity index (χ1n) is 5.78. The molecule has 0 aliphatic heterocycles. The van der Waals surface area contributed by atoms with Crippen LogP contribution in [0.1, 0.15) is 32.2 Å². The maximum Gasteiger partial charge on any atom is 0.184 e. The maximum absolute atomic E-state index is 5.32. The fourth-order valence-electron chi connectivity index (χ4n) is 1.25. The van der Waals surface area contributed by atoms with Crippen molar-refractivity contribution >= 4 is 46.0 Å². The third kappa shape index (κ3) is 5.37. The second-order valence-electron chi connectivity index (χ2n) is 3.95. The SMILES string of the molecule is CC(=S)N/N=C(\C)c1cccc(/C(C)=N/NC(N)=S)n1. The van der Waals surface area contributed by atoms with Crippen LogP contribution in [0.3, 0.4) is 0 Å². The van der Waals surface area contributed by atoms with E-state index >= 15 is 0 Å². The van der Waals surface area contributed by atoms with Gasteiger partial charge < -0.3 is 5.73 Å². The first-order chi connectivity index (χ1) is 9.40. The van der Waals surface area contributed by atoms with Gasteiger partial charge in [-0.3, -0.25) is 10.9 Å². The molecule has 1 aromatic rings. The van der Waals surface area contributed by atoms with E-state index in [4.69, 9.17) is 18.0 Å². The highest BCUT2D eigenvalue weighted by Gasteiger charge is 2.04. The van der Waals surface area contributed by atoms with Gasteiger partial charge in [0.05, 0.1) is 27.8 Å². The molecule has 0 bridgehead atoms. The van der Waals surface area contributed by atoms with E-state index in [1.54, 1.807) is 6.92 Å². The van der Waals surface area contributed by atoms with Gasteiger partial charge in [-0.05, 0) is 45.1 Å². The van der Waals surface area contributed by atoms with Crippen molar-refractivity contribution in [1.82, 2.24) is 15.8 Å². The molecule has 6 nitrogen and oxygen atoms in total. The number of thiocarbonyl (C=S) groups is 2. The quantitative estimate of drug-likeness (QED) is 0.441. The molecule has 1 aromatic heterocycles.